The van der Waals surface area contributed by atoms with E-state index in [-0.39, 0.29) is 42.3 Å². The van der Waals surface area contributed by atoms with Crippen molar-refractivity contribution < 1.29 is 22.8 Å². The van der Waals surface area contributed by atoms with Crippen LogP contribution in [0.5, 0.6) is 0 Å². The molecule has 0 unspecified atom stereocenters. The first-order valence-electron chi connectivity index (χ1n) is 7.39. The van der Waals surface area contributed by atoms with Gasteiger partial charge in [-0.25, -0.2) is 0 Å². The van der Waals surface area contributed by atoms with Gasteiger partial charge in [-0.1, -0.05) is 13.3 Å². The van der Waals surface area contributed by atoms with Crippen LogP contribution in [0, 0.1) is 0 Å². The molecule has 1 aliphatic heterocycles. The third-order valence-corrected chi connectivity index (χ3v) is 3.75. The molecule has 0 radical (unpaired) electrons. The maximum atomic E-state index is 12.9. The average molecular weight is 313 g/mol. The van der Waals surface area contributed by atoms with Gasteiger partial charge in [0.05, 0.1) is 11.3 Å². The van der Waals surface area contributed by atoms with Gasteiger partial charge in [-0.2, -0.15) is 13.2 Å². The second-order valence-corrected chi connectivity index (χ2v) is 5.41. The zero-order chi connectivity index (χ0) is 16.3. The van der Waals surface area contributed by atoms with Crippen molar-refractivity contribution >= 4 is 17.4 Å². The molecule has 0 aromatic heterocycles. The topological polar surface area (TPSA) is 37.4 Å². The summed E-state index contributed by atoms with van der Waals surface area (Å²) in [6.07, 6.45) is -2.00. The molecule has 6 heteroatoms. The summed E-state index contributed by atoms with van der Waals surface area (Å²) < 4.78 is 38.7. The Hall–Kier alpha value is -1.85. The number of halogens is 3. The van der Waals surface area contributed by atoms with Gasteiger partial charge in [0.15, 0.2) is 5.78 Å². The number of hydrogen-bond acceptors (Lipinski definition) is 2. The first-order valence-corrected chi connectivity index (χ1v) is 7.39. The minimum Gasteiger partial charge on any atom is -0.312 e. The average Bonchev–Trinajstić information content (AvgIpc) is 2.63. The van der Waals surface area contributed by atoms with Gasteiger partial charge < -0.3 is 4.90 Å². The van der Waals surface area contributed by atoms with E-state index in [4.69, 9.17) is 0 Å². The Bertz CT molecular complexity index is 581. The largest absolute Gasteiger partial charge is 0.416 e. The Balaban J connectivity index is 2.45. The highest BCUT2D eigenvalue weighted by Crippen LogP contribution is 2.35. The van der Waals surface area contributed by atoms with Gasteiger partial charge in [0, 0.05) is 24.9 Å². The summed E-state index contributed by atoms with van der Waals surface area (Å²) in [5.74, 6) is -0.438. The summed E-state index contributed by atoms with van der Waals surface area (Å²) in [4.78, 5) is 25.6. The first kappa shape index (κ1) is 16.5. The SMILES string of the molecule is CCCCC(=O)N1CCCC(=O)c2ccc(C(F)(F)F)cc21. The Morgan fingerprint density at radius 1 is 1.32 bits per heavy atom. The van der Waals surface area contributed by atoms with Gasteiger partial charge in [0.2, 0.25) is 5.91 Å². The lowest BCUT2D eigenvalue weighted by molar-refractivity contribution is -0.137. The number of rotatable bonds is 3. The zero-order valence-corrected chi connectivity index (χ0v) is 12.4. The molecule has 0 N–H and O–H groups in total. The fraction of sp³-hybridized carbons (Fsp3) is 0.500. The lowest BCUT2D eigenvalue weighted by atomic mass is 10.0. The van der Waals surface area contributed by atoms with Gasteiger partial charge in [-0.05, 0) is 31.0 Å². The number of ketones is 1. The molecule has 1 aromatic carbocycles. The van der Waals surface area contributed by atoms with Crippen LogP contribution >= 0.6 is 0 Å². The van der Waals surface area contributed by atoms with Crippen LogP contribution in [-0.4, -0.2) is 18.2 Å². The molecule has 0 aliphatic carbocycles. The molecule has 120 valence electrons. The first-order chi connectivity index (χ1) is 10.3. The minimum absolute atomic E-state index is 0.0958. The van der Waals surface area contributed by atoms with Gasteiger partial charge >= 0.3 is 6.18 Å². The number of hydrogen-bond donors (Lipinski definition) is 0. The van der Waals surface area contributed by atoms with Crippen molar-refractivity contribution in [3.05, 3.63) is 29.3 Å². The van der Waals surface area contributed by atoms with E-state index in [1.165, 1.54) is 11.0 Å². The highest BCUT2D eigenvalue weighted by Gasteiger charge is 2.33. The highest BCUT2D eigenvalue weighted by molar-refractivity contribution is 6.06. The minimum atomic E-state index is -4.50. The van der Waals surface area contributed by atoms with Crippen LogP contribution in [0.15, 0.2) is 18.2 Å². The molecular formula is C16H18F3NO2. The van der Waals surface area contributed by atoms with E-state index >= 15 is 0 Å². The smallest absolute Gasteiger partial charge is 0.312 e. The summed E-state index contributed by atoms with van der Waals surface area (Å²) in [5, 5.41) is 0. The zero-order valence-electron chi connectivity index (χ0n) is 12.4. The van der Waals surface area contributed by atoms with E-state index in [1.54, 1.807) is 0 Å². The van der Waals surface area contributed by atoms with E-state index in [2.05, 4.69) is 0 Å². The van der Waals surface area contributed by atoms with Gasteiger partial charge in [0.25, 0.3) is 0 Å². The van der Waals surface area contributed by atoms with Crippen molar-refractivity contribution in [1.82, 2.24) is 0 Å². The Morgan fingerprint density at radius 3 is 2.68 bits per heavy atom. The standard InChI is InChI=1S/C16H18F3NO2/c1-2-3-6-15(22)20-9-4-5-14(21)12-8-7-11(10-13(12)20)16(17,18)19/h7-8,10H,2-6,9H2,1H3. The summed E-state index contributed by atoms with van der Waals surface area (Å²) in [6, 6.07) is 3.01. The molecule has 0 fully saturated rings. The molecule has 0 saturated carbocycles. The molecule has 2 rings (SSSR count). The number of unbranched alkanes of at least 4 members (excludes halogenated alkanes) is 1. The maximum absolute atomic E-state index is 12.9. The summed E-state index contributed by atoms with van der Waals surface area (Å²) in [5.41, 5.74) is -0.539. The van der Waals surface area contributed by atoms with Gasteiger partial charge in [-0.3, -0.25) is 9.59 Å². The molecule has 0 bridgehead atoms. The van der Waals surface area contributed by atoms with Crippen LogP contribution in [0.3, 0.4) is 0 Å². The van der Waals surface area contributed by atoms with Gasteiger partial charge in [-0.15, -0.1) is 0 Å². The van der Waals surface area contributed by atoms with Crippen LogP contribution in [0.4, 0.5) is 18.9 Å². The summed E-state index contributed by atoms with van der Waals surface area (Å²) in [7, 11) is 0. The third kappa shape index (κ3) is 3.48. The van der Waals surface area contributed by atoms with Crippen molar-refractivity contribution in [2.45, 2.75) is 45.2 Å². The normalized spacial score (nSPS) is 15.5. The lowest BCUT2D eigenvalue weighted by Gasteiger charge is -2.23. The predicted molar refractivity (Wildman–Crippen MR) is 76.9 cm³/mol. The molecule has 1 aliphatic rings. The van der Waals surface area contributed by atoms with Crippen molar-refractivity contribution in [2.75, 3.05) is 11.4 Å². The van der Waals surface area contributed by atoms with E-state index in [1.807, 2.05) is 6.92 Å². The number of alkyl halides is 3. The number of carbonyl (C=O) groups is 2. The number of Topliss-reactive ketones (excluding diaryl/α,β-unsaturated/α-hetero) is 1. The molecule has 0 saturated heterocycles. The van der Waals surface area contributed by atoms with E-state index < -0.39 is 11.7 Å². The molecule has 0 spiro atoms. The number of fused-ring (bicyclic) bond motifs is 1. The highest BCUT2D eigenvalue weighted by atomic mass is 19.4. The molecule has 0 atom stereocenters. The molecule has 22 heavy (non-hydrogen) atoms. The monoisotopic (exact) mass is 313 g/mol. The third-order valence-electron chi connectivity index (χ3n) is 3.75. The molecule has 1 aromatic rings. The van der Waals surface area contributed by atoms with Crippen molar-refractivity contribution in [1.29, 1.82) is 0 Å². The fourth-order valence-electron chi connectivity index (χ4n) is 2.54. The maximum Gasteiger partial charge on any atom is 0.416 e. The molecule has 3 nitrogen and oxygen atoms in total. The van der Waals surface area contributed by atoms with Crippen molar-refractivity contribution in [3.63, 3.8) is 0 Å². The van der Waals surface area contributed by atoms with Crippen LogP contribution in [0.25, 0.3) is 0 Å². The van der Waals surface area contributed by atoms with Crippen LogP contribution in [0.2, 0.25) is 0 Å². The second kappa shape index (κ2) is 6.50. The summed E-state index contributed by atoms with van der Waals surface area (Å²) >= 11 is 0. The van der Waals surface area contributed by atoms with Crippen molar-refractivity contribution in [2.24, 2.45) is 0 Å². The van der Waals surface area contributed by atoms with Gasteiger partial charge in [0.1, 0.15) is 0 Å². The Morgan fingerprint density at radius 2 is 2.05 bits per heavy atom. The van der Waals surface area contributed by atoms with Crippen LogP contribution in [0.1, 0.15) is 54.9 Å². The lowest BCUT2D eigenvalue weighted by Crippen LogP contribution is -2.31. The van der Waals surface area contributed by atoms with Crippen molar-refractivity contribution in [3.8, 4) is 0 Å². The van der Waals surface area contributed by atoms with E-state index in [0.717, 1.165) is 18.6 Å². The molecule has 1 heterocycles. The number of anilines is 1. The van der Waals surface area contributed by atoms with Crippen LogP contribution in [-0.2, 0) is 11.0 Å². The summed E-state index contributed by atoms with van der Waals surface area (Å²) in [6.45, 7) is 2.22. The number of nitrogens with zero attached hydrogens (tertiary/aromatic N) is 1. The van der Waals surface area contributed by atoms with Crippen LogP contribution < -0.4 is 4.90 Å². The van der Waals surface area contributed by atoms with E-state index in [9.17, 15) is 22.8 Å². The number of carbonyl (C=O) groups excluding carboxylic acids is 2. The molecular weight excluding hydrogens is 295 g/mol. The Labute approximate surface area is 127 Å². The number of benzene rings is 1. The second-order valence-electron chi connectivity index (χ2n) is 5.41. The predicted octanol–water partition coefficient (Wildman–Crippen LogP) is 4.21. The quantitative estimate of drug-likeness (QED) is 0.838. The Kier molecular flexibility index (Phi) is 4.88. The number of amides is 1. The van der Waals surface area contributed by atoms with E-state index in [0.29, 0.717) is 12.8 Å². The molecule has 1 amide bonds. The fourth-order valence-corrected chi connectivity index (χ4v) is 2.54.